The largest absolute Gasteiger partial charge is 0.480 e. The second kappa shape index (κ2) is 14.3. The first-order chi connectivity index (χ1) is 24.1. The van der Waals surface area contributed by atoms with Gasteiger partial charge in [-0.05, 0) is 92.9 Å². The van der Waals surface area contributed by atoms with Crippen LogP contribution in [0.2, 0.25) is 0 Å². The number of amides is 4. The molecule has 2 saturated heterocycles. The number of fused-ring (bicyclic) bond motifs is 1. The molecule has 0 bridgehead atoms. The first kappa shape index (κ1) is 38.0. The number of carboxylic acid groups (broad SMARTS) is 1. The van der Waals surface area contributed by atoms with Gasteiger partial charge in [-0.3, -0.25) is 24.1 Å². The Morgan fingerprint density at radius 3 is 2.00 bits per heavy atom. The normalized spacial score (nSPS) is 30.6. The van der Waals surface area contributed by atoms with Gasteiger partial charge in [-0.1, -0.05) is 80.1 Å². The molecule has 0 aromatic carbocycles. The first-order valence-electron chi connectivity index (χ1n) is 20.3. The fourth-order valence-electron chi connectivity index (χ4n) is 11.1. The number of hydrogen-bond acceptors (Lipinski definition) is 6. The third-order valence-corrected chi connectivity index (χ3v) is 14.6. The molecule has 11 heteroatoms. The molecule has 2 aliphatic heterocycles. The van der Waals surface area contributed by atoms with Crippen molar-refractivity contribution < 1.29 is 29.1 Å². The molecule has 6 rings (SSSR count). The van der Waals surface area contributed by atoms with Crippen LogP contribution in [0.4, 0.5) is 0 Å². The Labute approximate surface area is 305 Å². The lowest BCUT2D eigenvalue weighted by atomic mass is 9.73. The van der Waals surface area contributed by atoms with Gasteiger partial charge in [0.15, 0.2) is 0 Å². The number of nitrogens with zero attached hydrogens (tertiary/aromatic N) is 2. The van der Waals surface area contributed by atoms with Crippen molar-refractivity contribution in [1.82, 2.24) is 25.8 Å². The summed E-state index contributed by atoms with van der Waals surface area (Å²) in [4.78, 5) is 73.6. The zero-order chi connectivity index (χ0) is 36.9. The van der Waals surface area contributed by atoms with Gasteiger partial charge in [0.05, 0.1) is 6.04 Å². The lowest BCUT2D eigenvalue weighted by molar-refractivity contribution is -0.146. The summed E-state index contributed by atoms with van der Waals surface area (Å²) in [5.41, 5.74) is -0.938. The van der Waals surface area contributed by atoms with Crippen molar-refractivity contribution in [3.05, 3.63) is 0 Å². The summed E-state index contributed by atoms with van der Waals surface area (Å²) in [5.74, 6) is -2.25. The molecule has 286 valence electrons. The van der Waals surface area contributed by atoms with E-state index in [0.717, 1.165) is 90.0 Å². The molecule has 0 radical (unpaired) electrons. The number of likely N-dealkylation sites (tertiary alicyclic amines) is 2. The highest BCUT2D eigenvalue weighted by atomic mass is 16.4. The van der Waals surface area contributed by atoms with Gasteiger partial charge in [-0.25, -0.2) is 4.79 Å². The van der Waals surface area contributed by atoms with Crippen molar-refractivity contribution >= 4 is 29.6 Å². The van der Waals surface area contributed by atoms with Crippen LogP contribution in [0.25, 0.3) is 0 Å². The van der Waals surface area contributed by atoms with Gasteiger partial charge in [0.2, 0.25) is 23.6 Å². The monoisotopic (exact) mass is 711 g/mol. The lowest BCUT2D eigenvalue weighted by Crippen LogP contribution is -2.63. The van der Waals surface area contributed by atoms with Crippen LogP contribution in [-0.2, 0) is 24.0 Å². The molecule has 6 fully saturated rings. The Morgan fingerprint density at radius 1 is 0.804 bits per heavy atom. The van der Waals surface area contributed by atoms with E-state index in [1.165, 1.54) is 0 Å². The summed E-state index contributed by atoms with van der Waals surface area (Å²) in [6.45, 7) is 13.5. The predicted molar refractivity (Wildman–Crippen MR) is 194 cm³/mol. The highest BCUT2D eigenvalue weighted by Crippen LogP contribution is 2.88. The average Bonchev–Trinajstić information content (AvgIpc) is 3.92. The number of carboxylic acids is 1. The first-order valence-corrected chi connectivity index (χ1v) is 20.3. The Balaban J connectivity index is 1.25. The Morgan fingerprint density at radius 2 is 1.45 bits per heavy atom. The molecule has 11 nitrogen and oxygen atoms in total. The molecule has 2 heterocycles. The number of hydrogen-bond donors (Lipinski definition) is 4. The molecule has 0 unspecified atom stereocenters. The second-order valence-electron chi connectivity index (χ2n) is 18.7. The van der Waals surface area contributed by atoms with Crippen molar-refractivity contribution in [2.24, 2.45) is 27.6 Å². The fourth-order valence-corrected chi connectivity index (χ4v) is 11.1. The maximum atomic E-state index is 14.9. The van der Waals surface area contributed by atoms with Crippen LogP contribution >= 0.6 is 0 Å². The van der Waals surface area contributed by atoms with Gasteiger partial charge in [0.25, 0.3) is 0 Å². The zero-order valence-electron chi connectivity index (χ0n) is 32.2. The van der Waals surface area contributed by atoms with E-state index in [9.17, 15) is 29.1 Å². The number of aliphatic carboxylic acids is 1. The molecule has 4 aliphatic carbocycles. The van der Waals surface area contributed by atoms with E-state index in [0.29, 0.717) is 31.8 Å². The molecule has 4 amide bonds. The van der Waals surface area contributed by atoms with Crippen molar-refractivity contribution in [3.63, 3.8) is 0 Å². The Hall–Kier alpha value is -2.69. The van der Waals surface area contributed by atoms with Crippen molar-refractivity contribution in [2.75, 3.05) is 13.1 Å². The summed E-state index contributed by atoms with van der Waals surface area (Å²) in [5, 5.41) is 19.0. The molecule has 6 atom stereocenters. The third-order valence-electron chi connectivity index (χ3n) is 14.6. The Bertz CT molecular complexity index is 1360. The van der Waals surface area contributed by atoms with E-state index in [-0.39, 0.29) is 45.9 Å². The zero-order valence-corrected chi connectivity index (χ0v) is 32.2. The maximum absolute atomic E-state index is 14.9. The Kier molecular flexibility index (Phi) is 10.6. The highest BCUT2D eigenvalue weighted by Gasteiger charge is 2.85. The molecule has 0 aromatic rings. The highest BCUT2D eigenvalue weighted by molar-refractivity contribution is 5.96. The molecule has 6 aliphatic rings. The minimum absolute atomic E-state index is 0.0118. The molecular formula is C40H65N5O6. The molecular weight excluding hydrogens is 646 g/mol. The van der Waals surface area contributed by atoms with E-state index in [1.54, 1.807) is 4.90 Å². The second-order valence-corrected chi connectivity index (χ2v) is 18.7. The summed E-state index contributed by atoms with van der Waals surface area (Å²) in [6.07, 6.45) is 14.6. The van der Waals surface area contributed by atoms with Crippen LogP contribution in [0.15, 0.2) is 0 Å². The van der Waals surface area contributed by atoms with Crippen molar-refractivity contribution in [3.8, 4) is 0 Å². The van der Waals surface area contributed by atoms with Gasteiger partial charge in [0, 0.05) is 18.0 Å². The van der Waals surface area contributed by atoms with Crippen LogP contribution in [-0.4, -0.2) is 93.8 Å². The maximum Gasteiger partial charge on any atom is 0.326 e. The average molecular weight is 712 g/mol. The number of carbonyl (C=O) groups is 5. The fraction of sp³-hybridized carbons (Fsp3) is 0.875. The van der Waals surface area contributed by atoms with Crippen LogP contribution < -0.4 is 16.0 Å². The van der Waals surface area contributed by atoms with E-state index in [4.69, 9.17) is 0 Å². The summed E-state index contributed by atoms with van der Waals surface area (Å²) in [6, 6.07) is -3.31. The summed E-state index contributed by atoms with van der Waals surface area (Å²) in [7, 11) is 0. The standard InChI is InChI=1S/C40H65N5O6/c1-7-14-27(36(50)51)41-33(47)29-23-40(38(5,6)39(40)20-13-21-39)24-45(29)35(49)31(37(2,3)4)43-34(48)30(25-15-9-8-10-16-25)42-32(46)28-17-11-12-22-44(28)26-18-19-26/h25-31H,7-24H2,1-6H3,(H,41,47)(H,42,46)(H,43,48)(H,50,51)/t27-,28-,29+,30+,31+,40+/m1/s1. The molecule has 51 heavy (non-hydrogen) atoms. The van der Waals surface area contributed by atoms with Gasteiger partial charge in [-0.2, -0.15) is 0 Å². The predicted octanol–water partition coefficient (Wildman–Crippen LogP) is 4.77. The van der Waals surface area contributed by atoms with E-state index in [1.807, 2.05) is 27.7 Å². The smallest absolute Gasteiger partial charge is 0.326 e. The number of rotatable bonds is 12. The topological polar surface area (TPSA) is 148 Å². The van der Waals surface area contributed by atoms with Crippen molar-refractivity contribution in [2.45, 2.75) is 181 Å². The number of piperidine rings is 1. The van der Waals surface area contributed by atoms with Gasteiger partial charge in [0.1, 0.15) is 24.2 Å². The van der Waals surface area contributed by atoms with E-state index < -0.39 is 41.5 Å². The van der Waals surface area contributed by atoms with Gasteiger partial charge >= 0.3 is 5.97 Å². The minimum Gasteiger partial charge on any atom is -0.480 e. The lowest BCUT2D eigenvalue weighted by Gasteiger charge is -2.39. The quantitative estimate of drug-likeness (QED) is 0.228. The number of nitrogens with one attached hydrogen (secondary N) is 3. The third kappa shape index (κ3) is 6.82. The van der Waals surface area contributed by atoms with E-state index >= 15 is 0 Å². The minimum atomic E-state index is -1.08. The van der Waals surface area contributed by atoms with Crippen LogP contribution in [0.3, 0.4) is 0 Å². The van der Waals surface area contributed by atoms with Crippen LogP contribution in [0.1, 0.15) is 144 Å². The molecule has 4 N–H and O–H groups in total. The van der Waals surface area contributed by atoms with Crippen molar-refractivity contribution in [1.29, 1.82) is 0 Å². The van der Waals surface area contributed by atoms with E-state index in [2.05, 4.69) is 34.7 Å². The SMILES string of the molecule is CCC[C@@H](NC(=O)[C@@H]1C[C@]2(CN1C(=O)[C@H](NC(=O)[C@@H](NC(=O)[C@H]1CCCCN1C1CC1)C1CCCCC1)C(C)(C)C)C(C)(C)C21CCC1)C(=O)O. The summed E-state index contributed by atoms with van der Waals surface area (Å²) >= 11 is 0. The molecule has 2 spiro atoms. The summed E-state index contributed by atoms with van der Waals surface area (Å²) < 4.78 is 0. The van der Waals surface area contributed by atoms with Crippen LogP contribution in [0, 0.1) is 27.6 Å². The van der Waals surface area contributed by atoms with Gasteiger partial charge in [-0.15, -0.1) is 0 Å². The van der Waals surface area contributed by atoms with Gasteiger partial charge < -0.3 is 26.0 Å². The molecule has 4 saturated carbocycles. The number of carbonyl (C=O) groups excluding carboxylic acids is 4. The van der Waals surface area contributed by atoms with Crippen LogP contribution in [0.5, 0.6) is 0 Å². The molecule has 0 aromatic heterocycles.